The van der Waals surface area contributed by atoms with Gasteiger partial charge in [-0.2, -0.15) is 0 Å². The molecule has 11 rings (SSSR count). The molecule has 11 aromatic rings. The van der Waals surface area contributed by atoms with Crippen molar-refractivity contribution in [1.82, 2.24) is 9.97 Å². The molecule has 0 bridgehead atoms. The molecule has 0 aliphatic rings. The van der Waals surface area contributed by atoms with Gasteiger partial charge in [0, 0.05) is 43.8 Å². The summed E-state index contributed by atoms with van der Waals surface area (Å²) in [6.45, 7) is 0. The van der Waals surface area contributed by atoms with E-state index in [9.17, 15) is 0 Å². The summed E-state index contributed by atoms with van der Waals surface area (Å²) in [6, 6.07) is 67.3. The SMILES string of the molecule is c1ccc(-c2ccc(-c3cc(-c4ccc(-c5ccc(-c6ccc7oc8ccccc8c7c6)c6oc7ccccc7c56)cc4)nc(-c4ccccc4)n3)cc2)cc1. The zero-order chi connectivity index (χ0) is 37.0. The van der Waals surface area contributed by atoms with E-state index in [0.29, 0.717) is 5.82 Å². The second-order valence-corrected chi connectivity index (χ2v) is 14.1. The van der Waals surface area contributed by atoms with Crippen molar-refractivity contribution in [3.05, 3.63) is 194 Å². The van der Waals surface area contributed by atoms with Gasteiger partial charge in [0.2, 0.25) is 0 Å². The average Bonchev–Trinajstić information content (AvgIpc) is 3.85. The van der Waals surface area contributed by atoms with Gasteiger partial charge in [-0.1, -0.05) is 158 Å². The Labute approximate surface area is 323 Å². The molecular weight excluding hydrogens is 685 g/mol. The highest BCUT2D eigenvalue weighted by Gasteiger charge is 2.19. The average molecular weight is 717 g/mol. The molecule has 0 unspecified atom stereocenters. The number of hydrogen-bond acceptors (Lipinski definition) is 4. The van der Waals surface area contributed by atoms with Gasteiger partial charge in [-0.05, 0) is 64.2 Å². The molecule has 0 radical (unpaired) electrons. The van der Waals surface area contributed by atoms with Crippen LogP contribution in [0, 0.1) is 0 Å². The minimum absolute atomic E-state index is 0.693. The van der Waals surface area contributed by atoms with Crippen molar-refractivity contribution < 1.29 is 8.83 Å². The molecule has 0 aliphatic carbocycles. The molecule has 0 fully saturated rings. The number of benzene rings is 8. The van der Waals surface area contributed by atoms with E-state index in [2.05, 4.69) is 146 Å². The first-order chi connectivity index (χ1) is 27.7. The van der Waals surface area contributed by atoms with Crippen molar-refractivity contribution in [2.45, 2.75) is 0 Å². The molecule has 0 N–H and O–H groups in total. The van der Waals surface area contributed by atoms with Crippen molar-refractivity contribution in [2.75, 3.05) is 0 Å². The van der Waals surface area contributed by atoms with Crippen molar-refractivity contribution in [3.8, 4) is 67.3 Å². The number of furan rings is 2. The summed E-state index contributed by atoms with van der Waals surface area (Å²) < 4.78 is 12.8. The van der Waals surface area contributed by atoms with Crippen LogP contribution in [0.5, 0.6) is 0 Å². The van der Waals surface area contributed by atoms with Crippen molar-refractivity contribution in [2.24, 2.45) is 0 Å². The fraction of sp³-hybridized carbons (Fsp3) is 0. The fourth-order valence-electron chi connectivity index (χ4n) is 7.93. The third-order valence-corrected chi connectivity index (χ3v) is 10.8. The van der Waals surface area contributed by atoms with E-state index >= 15 is 0 Å². The maximum atomic E-state index is 6.68. The van der Waals surface area contributed by atoms with E-state index in [1.54, 1.807) is 0 Å². The molecular formula is C52H32N2O2. The monoisotopic (exact) mass is 716 g/mol. The van der Waals surface area contributed by atoms with Gasteiger partial charge < -0.3 is 8.83 Å². The van der Waals surface area contributed by atoms with Gasteiger partial charge in [0.1, 0.15) is 22.3 Å². The van der Waals surface area contributed by atoms with E-state index < -0.39 is 0 Å². The second-order valence-electron chi connectivity index (χ2n) is 14.1. The van der Waals surface area contributed by atoms with E-state index in [0.717, 1.165) is 94.2 Å². The van der Waals surface area contributed by atoms with Crippen LogP contribution < -0.4 is 0 Å². The van der Waals surface area contributed by atoms with Gasteiger partial charge in [0.25, 0.3) is 0 Å². The van der Waals surface area contributed by atoms with Crippen LogP contribution in [0.1, 0.15) is 0 Å². The molecule has 4 nitrogen and oxygen atoms in total. The molecule has 0 atom stereocenters. The molecule has 0 amide bonds. The largest absolute Gasteiger partial charge is 0.456 e. The second kappa shape index (κ2) is 13.1. The molecule has 3 heterocycles. The van der Waals surface area contributed by atoms with Gasteiger partial charge in [0.05, 0.1) is 11.4 Å². The summed E-state index contributed by atoms with van der Waals surface area (Å²) in [4.78, 5) is 10.2. The minimum Gasteiger partial charge on any atom is -0.456 e. The van der Waals surface area contributed by atoms with Gasteiger partial charge in [-0.15, -0.1) is 0 Å². The number of hydrogen-bond donors (Lipinski definition) is 0. The van der Waals surface area contributed by atoms with Crippen molar-refractivity contribution in [1.29, 1.82) is 0 Å². The molecule has 4 heteroatoms. The smallest absolute Gasteiger partial charge is 0.160 e. The maximum absolute atomic E-state index is 6.68. The Morgan fingerprint density at radius 2 is 0.804 bits per heavy atom. The molecule has 56 heavy (non-hydrogen) atoms. The molecule has 0 aliphatic heterocycles. The fourth-order valence-corrected chi connectivity index (χ4v) is 7.93. The van der Waals surface area contributed by atoms with E-state index in [1.165, 1.54) is 11.1 Å². The van der Waals surface area contributed by atoms with Crippen molar-refractivity contribution >= 4 is 43.9 Å². The van der Waals surface area contributed by atoms with Crippen LogP contribution in [0.25, 0.3) is 111 Å². The van der Waals surface area contributed by atoms with Gasteiger partial charge >= 0.3 is 0 Å². The molecule has 8 aromatic carbocycles. The van der Waals surface area contributed by atoms with Gasteiger partial charge in [0.15, 0.2) is 5.82 Å². The Morgan fingerprint density at radius 3 is 1.50 bits per heavy atom. The van der Waals surface area contributed by atoms with Gasteiger partial charge in [-0.3, -0.25) is 0 Å². The van der Waals surface area contributed by atoms with Crippen LogP contribution in [0.15, 0.2) is 203 Å². The Morgan fingerprint density at radius 1 is 0.304 bits per heavy atom. The number of rotatable bonds is 6. The lowest BCUT2D eigenvalue weighted by Gasteiger charge is -2.12. The first kappa shape index (κ1) is 31.9. The zero-order valence-electron chi connectivity index (χ0n) is 30.2. The van der Waals surface area contributed by atoms with E-state index in [1.807, 2.05) is 48.5 Å². The highest BCUT2D eigenvalue weighted by molar-refractivity contribution is 6.17. The molecule has 0 spiro atoms. The third-order valence-electron chi connectivity index (χ3n) is 10.8. The first-order valence-electron chi connectivity index (χ1n) is 18.8. The lowest BCUT2D eigenvalue weighted by molar-refractivity contribution is 0.668. The Bertz CT molecular complexity index is 3220. The van der Waals surface area contributed by atoms with Gasteiger partial charge in [-0.25, -0.2) is 9.97 Å². The number of fused-ring (bicyclic) bond motifs is 6. The third kappa shape index (κ3) is 5.47. The summed E-state index contributed by atoms with van der Waals surface area (Å²) in [5.74, 6) is 0.693. The predicted molar refractivity (Wildman–Crippen MR) is 229 cm³/mol. The summed E-state index contributed by atoms with van der Waals surface area (Å²) in [5, 5.41) is 4.38. The summed E-state index contributed by atoms with van der Waals surface area (Å²) >= 11 is 0. The standard InChI is InChI=1S/C52H32N2O2/c1-3-11-33(12-4-1)34-19-23-36(24-20-34)45-32-46(54-52(53-45)38-13-5-2-6-14-38)37-25-21-35(22-26-37)40-28-29-41(51-50(40)43-16-8-10-18-48(43)56-51)39-27-30-49-44(31-39)42-15-7-9-17-47(42)55-49/h1-32H. The predicted octanol–water partition coefficient (Wildman–Crippen LogP) is 14.3. The first-order valence-corrected chi connectivity index (χ1v) is 18.8. The molecule has 0 saturated heterocycles. The topological polar surface area (TPSA) is 52.1 Å². The van der Waals surface area contributed by atoms with Crippen LogP contribution in [-0.2, 0) is 0 Å². The number of para-hydroxylation sites is 2. The lowest BCUT2D eigenvalue weighted by Crippen LogP contribution is -1.96. The quantitative estimate of drug-likeness (QED) is 0.172. The summed E-state index contributed by atoms with van der Waals surface area (Å²) in [6.07, 6.45) is 0. The highest BCUT2D eigenvalue weighted by atomic mass is 16.3. The number of aromatic nitrogens is 2. The normalized spacial score (nSPS) is 11.6. The molecule has 3 aromatic heterocycles. The molecule has 0 saturated carbocycles. The minimum atomic E-state index is 0.693. The van der Waals surface area contributed by atoms with Crippen LogP contribution in [0.3, 0.4) is 0 Å². The van der Waals surface area contributed by atoms with E-state index in [-0.39, 0.29) is 0 Å². The maximum Gasteiger partial charge on any atom is 0.160 e. The van der Waals surface area contributed by atoms with Crippen LogP contribution in [-0.4, -0.2) is 9.97 Å². The van der Waals surface area contributed by atoms with Crippen LogP contribution >= 0.6 is 0 Å². The number of nitrogens with zero attached hydrogens (tertiary/aromatic N) is 2. The zero-order valence-corrected chi connectivity index (χ0v) is 30.2. The van der Waals surface area contributed by atoms with Crippen LogP contribution in [0.4, 0.5) is 0 Å². The Hall–Kier alpha value is -7.56. The van der Waals surface area contributed by atoms with E-state index in [4.69, 9.17) is 18.8 Å². The Balaban J connectivity index is 1.01. The summed E-state index contributed by atoms with van der Waals surface area (Å²) in [5.41, 5.74) is 15.0. The summed E-state index contributed by atoms with van der Waals surface area (Å²) in [7, 11) is 0. The Kier molecular flexibility index (Phi) is 7.46. The molecule has 262 valence electrons. The lowest BCUT2D eigenvalue weighted by atomic mass is 9.93. The van der Waals surface area contributed by atoms with Crippen LogP contribution in [0.2, 0.25) is 0 Å². The van der Waals surface area contributed by atoms with Crippen molar-refractivity contribution in [3.63, 3.8) is 0 Å². The highest BCUT2D eigenvalue weighted by Crippen LogP contribution is 2.43.